The Morgan fingerprint density at radius 2 is 1.69 bits per heavy atom. The van der Waals surface area contributed by atoms with Gasteiger partial charge < -0.3 is 9.67 Å². The van der Waals surface area contributed by atoms with E-state index in [1.165, 1.54) is 0 Å². The standard InChI is InChI=1S/C32H21Cl2N3O2/c1-35-27-4-2-3-25(17-27)23-10-5-21(6-11-23)9-16-31-36-30(28-15-14-26(33)18-29(28)34)20-37(31)19-22-7-12-24(13-8-22)32(38)39/h2-18,20H,19H2,(H,38,39)/b16-9+. The number of aromatic carboxylic acids is 1. The lowest BCUT2D eigenvalue weighted by Gasteiger charge is -2.06. The third-order valence-electron chi connectivity index (χ3n) is 6.21. The Balaban J connectivity index is 1.45. The van der Waals surface area contributed by atoms with Gasteiger partial charge in [0.25, 0.3) is 0 Å². The van der Waals surface area contributed by atoms with Crippen molar-refractivity contribution in [1.82, 2.24) is 9.55 Å². The van der Waals surface area contributed by atoms with E-state index in [-0.39, 0.29) is 5.56 Å². The summed E-state index contributed by atoms with van der Waals surface area (Å²) in [4.78, 5) is 19.6. The average molecular weight is 550 g/mol. The number of rotatable bonds is 7. The van der Waals surface area contributed by atoms with Crippen LogP contribution in [-0.4, -0.2) is 20.6 Å². The smallest absolute Gasteiger partial charge is 0.335 e. The van der Waals surface area contributed by atoms with Gasteiger partial charge in [-0.05, 0) is 64.7 Å². The van der Waals surface area contributed by atoms with Crippen LogP contribution in [0.4, 0.5) is 5.69 Å². The molecule has 1 N–H and O–H groups in total. The van der Waals surface area contributed by atoms with Gasteiger partial charge in [0.1, 0.15) is 5.82 Å². The van der Waals surface area contributed by atoms with Crippen LogP contribution in [0, 0.1) is 6.57 Å². The van der Waals surface area contributed by atoms with Crippen LogP contribution in [0.1, 0.15) is 27.3 Å². The van der Waals surface area contributed by atoms with Gasteiger partial charge in [-0.1, -0.05) is 83.9 Å². The second-order valence-electron chi connectivity index (χ2n) is 8.86. The van der Waals surface area contributed by atoms with Gasteiger partial charge in [-0.2, -0.15) is 0 Å². The maximum Gasteiger partial charge on any atom is 0.335 e. The summed E-state index contributed by atoms with van der Waals surface area (Å²) < 4.78 is 2.00. The molecule has 0 saturated heterocycles. The van der Waals surface area contributed by atoms with Gasteiger partial charge in [0.05, 0.1) is 22.9 Å². The summed E-state index contributed by atoms with van der Waals surface area (Å²) in [6, 6.07) is 27.7. The van der Waals surface area contributed by atoms with E-state index in [9.17, 15) is 9.90 Å². The zero-order valence-electron chi connectivity index (χ0n) is 20.6. The molecule has 39 heavy (non-hydrogen) atoms. The Kier molecular flexibility index (Phi) is 7.60. The number of benzene rings is 4. The van der Waals surface area contributed by atoms with E-state index in [4.69, 9.17) is 34.8 Å². The normalized spacial score (nSPS) is 11.0. The Labute approximate surface area is 236 Å². The second kappa shape index (κ2) is 11.4. The lowest BCUT2D eigenvalue weighted by Crippen LogP contribution is -2.02. The lowest BCUT2D eigenvalue weighted by atomic mass is 10.0. The molecule has 0 amide bonds. The molecule has 0 unspecified atom stereocenters. The van der Waals surface area contributed by atoms with Crippen LogP contribution in [0.25, 0.3) is 39.4 Å². The summed E-state index contributed by atoms with van der Waals surface area (Å²) in [6.07, 6.45) is 5.85. The number of carboxylic acid groups (broad SMARTS) is 1. The molecule has 7 heteroatoms. The molecule has 0 aliphatic carbocycles. The predicted octanol–water partition coefficient (Wildman–Crippen LogP) is 8.99. The molecule has 5 nitrogen and oxygen atoms in total. The largest absolute Gasteiger partial charge is 0.478 e. The van der Waals surface area contributed by atoms with Gasteiger partial charge in [-0.15, -0.1) is 0 Å². The summed E-state index contributed by atoms with van der Waals surface area (Å²) in [5.74, 6) is -0.246. The first kappa shape index (κ1) is 26.0. The van der Waals surface area contributed by atoms with Crippen molar-refractivity contribution in [3.8, 4) is 22.4 Å². The first-order valence-corrected chi connectivity index (χ1v) is 12.8. The Morgan fingerprint density at radius 1 is 0.923 bits per heavy atom. The zero-order valence-corrected chi connectivity index (χ0v) is 22.1. The molecule has 4 aromatic carbocycles. The molecule has 0 saturated carbocycles. The number of aromatic nitrogens is 2. The van der Waals surface area contributed by atoms with E-state index in [0.29, 0.717) is 33.8 Å². The molecule has 1 heterocycles. The summed E-state index contributed by atoms with van der Waals surface area (Å²) in [6.45, 7) is 7.73. The molecule has 0 bridgehead atoms. The average Bonchev–Trinajstić information content (AvgIpc) is 3.34. The first-order chi connectivity index (χ1) is 18.9. The lowest BCUT2D eigenvalue weighted by molar-refractivity contribution is 0.0697. The first-order valence-electron chi connectivity index (χ1n) is 12.0. The summed E-state index contributed by atoms with van der Waals surface area (Å²) >= 11 is 12.6. The van der Waals surface area contributed by atoms with E-state index in [0.717, 1.165) is 27.8 Å². The minimum atomic E-state index is -0.961. The number of imidazole rings is 1. The van der Waals surface area contributed by atoms with E-state index in [2.05, 4.69) is 4.85 Å². The van der Waals surface area contributed by atoms with Gasteiger partial charge in [0, 0.05) is 23.3 Å². The number of hydrogen-bond donors (Lipinski definition) is 1. The van der Waals surface area contributed by atoms with Crippen LogP contribution < -0.4 is 0 Å². The molecular formula is C32H21Cl2N3O2. The molecule has 0 aliphatic heterocycles. The van der Waals surface area contributed by atoms with Crippen molar-refractivity contribution in [3.05, 3.63) is 141 Å². The van der Waals surface area contributed by atoms with Gasteiger partial charge >= 0.3 is 5.97 Å². The summed E-state index contributed by atoms with van der Waals surface area (Å²) in [5.41, 5.74) is 6.27. The number of nitrogens with zero attached hydrogens (tertiary/aromatic N) is 3. The Bertz CT molecular complexity index is 1730. The van der Waals surface area contributed by atoms with E-state index in [1.54, 1.807) is 42.5 Å². The summed E-state index contributed by atoms with van der Waals surface area (Å²) in [5, 5.41) is 10.3. The highest BCUT2D eigenvalue weighted by Gasteiger charge is 2.12. The Hall–Kier alpha value is -4.63. The minimum absolute atomic E-state index is 0.238. The number of halogens is 2. The van der Waals surface area contributed by atoms with Crippen LogP contribution in [0.5, 0.6) is 0 Å². The third kappa shape index (κ3) is 6.10. The fraction of sp³-hybridized carbons (Fsp3) is 0.0312. The fourth-order valence-corrected chi connectivity index (χ4v) is 4.68. The van der Waals surface area contributed by atoms with Crippen molar-refractivity contribution >= 4 is 47.0 Å². The summed E-state index contributed by atoms with van der Waals surface area (Å²) in [7, 11) is 0. The fourth-order valence-electron chi connectivity index (χ4n) is 4.18. The van der Waals surface area contributed by atoms with Crippen molar-refractivity contribution in [2.24, 2.45) is 0 Å². The van der Waals surface area contributed by atoms with Gasteiger partial charge in [-0.3, -0.25) is 0 Å². The molecule has 190 valence electrons. The molecule has 5 aromatic rings. The number of carbonyl (C=O) groups is 1. The molecule has 0 radical (unpaired) electrons. The minimum Gasteiger partial charge on any atom is -0.478 e. The molecule has 0 spiro atoms. The van der Waals surface area contributed by atoms with Crippen LogP contribution in [0.15, 0.2) is 97.2 Å². The number of carboxylic acids is 1. The van der Waals surface area contributed by atoms with Gasteiger partial charge in [0.2, 0.25) is 0 Å². The highest BCUT2D eigenvalue weighted by atomic mass is 35.5. The Morgan fingerprint density at radius 3 is 2.38 bits per heavy atom. The maximum absolute atomic E-state index is 11.2. The molecule has 0 fully saturated rings. The molecule has 0 atom stereocenters. The van der Waals surface area contributed by atoms with Crippen LogP contribution in [0.3, 0.4) is 0 Å². The monoisotopic (exact) mass is 549 g/mol. The quantitative estimate of drug-likeness (QED) is 0.206. The van der Waals surface area contributed by atoms with Gasteiger partial charge in [0.15, 0.2) is 5.69 Å². The van der Waals surface area contributed by atoms with Crippen molar-refractivity contribution in [2.75, 3.05) is 0 Å². The van der Waals surface area contributed by atoms with Crippen molar-refractivity contribution in [1.29, 1.82) is 0 Å². The molecule has 5 rings (SSSR count). The van der Waals surface area contributed by atoms with E-state index in [1.807, 2.05) is 71.4 Å². The highest BCUT2D eigenvalue weighted by Crippen LogP contribution is 2.31. The van der Waals surface area contributed by atoms with Crippen molar-refractivity contribution < 1.29 is 9.90 Å². The van der Waals surface area contributed by atoms with E-state index >= 15 is 0 Å². The number of hydrogen-bond acceptors (Lipinski definition) is 2. The van der Waals surface area contributed by atoms with E-state index < -0.39 is 5.97 Å². The van der Waals surface area contributed by atoms with Crippen LogP contribution in [-0.2, 0) is 6.54 Å². The van der Waals surface area contributed by atoms with Crippen LogP contribution >= 0.6 is 23.2 Å². The molecule has 1 aromatic heterocycles. The highest BCUT2D eigenvalue weighted by molar-refractivity contribution is 6.36. The third-order valence-corrected chi connectivity index (χ3v) is 6.76. The SMILES string of the molecule is [C-]#[N+]c1cccc(-c2ccc(/C=C/c3nc(-c4ccc(Cl)cc4Cl)cn3Cc3ccc(C(=O)O)cc3)cc2)c1. The predicted molar refractivity (Wildman–Crippen MR) is 157 cm³/mol. The van der Waals surface area contributed by atoms with Crippen molar-refractivity contribution in [3.63, 3.8) is 0 Å². The molecule has 0 aliphatic rings. The molecular weight excluding hydrogens is 529 g/mol. The zero-order chi connectivity index (χ0) is 27.4. The van der Waals surface area contributed by atoms with Gasteiger partial charge in [-0.25, -0.2) is 14.6 Å². The maximum atomic E-state index is 11.2. The van der Waals surface area contributed by atoms with Crippen molar-refractivity contribution in [2.45, 2.75) is 6.54 Å². The van der Waals surface area contributed by atoms with Crippen LogP contribution in [0.2, 0.25) is 10.0 Å². The topological polar surface area (TPSA) is 59.5 Å². The second-order valence-corrected chi connectivity index (χ2v) is 9.70.